The van der Waals surface area contributed by atoms with Crippen molar-refractivity contribution in [3.63, 3.8) is 0 Å². The molecule has 3 aromatic carbocycles. The quantitative estimate of drug-likeness (QED) is 0.619. The fourth-order valence-electron chi connectivity index (χ4n) is 4.76. The Morgan fingerprint density at radius 1 is 0.848 bits per heavy atom. The SMILES string of the molecule is Cc1ccc(C(=O)Nc2ccc(N3CCc4ccccc4C3)c(C(=O)N3CCCC3)c2)cc1. The number of nitrogens with one attached hydrogen (secondary N) is 1. The van der Waals surface area contributed by atoms with Crippen molar-refractivity contribution < 1.29 is 9.59 Å². The molecule has 33 heavy (non-hydrogen) atoms. The number of amides is 2. The number of benzene rings is 3. The third-order valence-corrected chi connectivity index (χ3v) is 6.66. The van der Waals surface area contributed by atoms with Crippen LogP contribution < -0.4 is 10.2 Å². The van der Waals surface area contributed by atoms with Gasteiger partial charge in [-0.15, -0.1) is 0 Å². The molecule has 2 aliphatic heterocycles. The van der Waals surface area contributed by atoms with Gasteiger partial charge in [0.1, 0.15) is 0 Å². The zero-order chi connectivity index (χ0) is 22.8. The number of likely N-dealkylation sites (tertiary alicyclic amines) is 1. The number of carbonyl (C=O) groups is 2. The van der Waals surface area contributed by atoms with E-state index in [4.69, 9.17) is 0 Å². The number of anilines is 2. The van der Waals surface area contributed by atoms with E-state index < -0.39 is 0 Å². The molecule has 0 radical (unpaired) electrons. The Morgan fingerprint density at radius 3 is 2.33 bits per heavy atom. The number of carbonyl (C=O) groups excluding carboxylic acids is 2. The lowest BCUT2D eigenvalue weighted by Crippen LogP contribution is -2.34. The van der Waals surface area contributed by atoms with E-state index in [0.717, 1.165) is 56.7 Å². The Bertz CT molecular complexity index is 1180. The molecule has 0 spiro atoms. The molecule has 5 rings (SSSR count). The zero-order valence-corrected chi connectivity index (χ0v) is 19.0. The Kier molecular flexibility index (Phi) is 5.86. The number of hydrogen-bond donors (Lipinski definition) is 1. The van der Waals surface area contributed by atoms with Crippen molar-refractivity contribution in [2.75, 3.05) is 29.9 Å². The van der Waals surface area contributed by atoms with E-state index >= 15 is 0 Å². The predicted octanol–water partition coefficient (Wildman–Crippen LogP) is 5.05. The maximum atomic E-state index is 13.5. The van der Waals surface area contributed by atoms with Gasteiger partial charge >= 0.3 is 0 Å². The van der Waals surface area contributed by atoms with Crippen molar-refractivity contribution in [1.29, 1.82) is 0 Å². The summed E-state index contributed by atoms with van der Waals surface area (Å²) in [6.07, 6.45) is 3.05. The summed E-state index contributed by atoms with van der Waals surface area (Å²) in [5.74, 6) is -0.123. The van der Waals surface area contributed by atoms with Crippen molar-refractivity contribution in [3.8, 4) is 0 Å². The normalized spacial score (nSPS) is 15.3. The molecule has 1 N–H and O–H groups in total. The summed E-state index contributed by atoms with van der Waals surface area (Å²) in [6, 6.07) is 21.7. The molecule has 0 aliphatic carbocycles. The molecule has 5 nitrogen and oxygen atoms in total. The first kappa shape index (κ1) is 21.3. The van der Waals surface area contributed by atoms with Crippen LogP contribution in [0.5, 0.6) is 0 Å². The van der Waals surface area contributed by atoms with Crippen LogP contribution in [0, 0.1) is 6.92 Å². The second-order valence-electron chi connectivity index (χ2n) is 8.99. The summed E-state index contributed by atoms with van der Waals surface area (Å²) in [4.78, 5) is 30.5. The maximum Gasteiger partial charge on any atom is 0.256 e. The van der Waals surface area contributed by atoms with Crippen LogP contribution in [0.15, 0.2) is 66.7 Å². The molecule has 1 fully saturated rings. The maximum absolute atomic E-state index is 13.5. The smallest absolute Gasteiger partial charge is 0.256 e. The molecule has 3 aromatic rings. The highest BCUT2D eigenvalue weighted by Crippen LogP contribution is 2.31. The number of nitrogens with zero attached hydrogens (tertiary/aromatic N) is 2. The first-order valence-corrected chi connectivity index (χ1v) is 11.7. The monoisotopic (exact) mass is 439 g/mol. The van der Waals surface area contributed by atoms with Gasteiger partial charge in [0.15, 0.2) is 0 Å². The van der Waals surface area contributed by atoms with Gasteiger partial charge in [-0.05, 0) is 67.6 Å². The average molecular weight is 440 g/mol. The van der Waals surface area contributed by atoms with Gasteiger partial charge in [0.05, 0.1) is 5.56 Å². The predicted molar refractivity (Wildman–Crippen MR) is 132 cm³/mol. The van der Waals surface area contributed by atoms with Gasteiger partial charge in [-0.1, -0.05) is 42.0 Å². The van der Waals surface area contributed by atoms with E-state index in [9.17, 15) is 9.59 Å². The molecule has 2 amide bonds. The molecule has 0 aromatic heterocycles. The van der Waals surface area contributed by atoms with E-state index in [2.05, 4.69) is 34.5 Å². The van der Waals surface area contributed by atoms with Gasteiger partial charge in [-0.3, -0.25) is 9.59 Å². The van der Waals surface area contributed by atoms with E-state index in [-0.39, 0.29) is 11.8 Å². The molecule has 2 aliphatic rings. The number of aryl methyl sites for hydroxylation is 1. The highest BCUT2D eigenvalue weighted by atomic mass is 16.2. The van der Waals surface area contributed by atoms with Gasteiger partial charge in [0.25, 0.3) is 11.8 Å². The summed E-state index contributed by atoms with van der Waals surface area (Å²) in [5, 5.41) is 2.98. The number of rotatable bonds is 4. The standard InChI is InChI=1S/C28H29N3O2/c1-20-8-10-22(11-9-20)27(32)29-24-12-13-26(25(18-24)28(33)30-15-4-5-16-30)31-17-14-21-6-2-3-7-23(21)19-31/h2-3,6-13,18H,4-5,14-17,19H2,1H3,(H,29,32). The molecular formula is C28H29N3O2. The molecular weight excluding hydrogens is 410 g/mol. The minimum atomic E-state index is -0.172. The second-order valence-corrected chi connectivity index (χ2v) is 8.99. The topological polar surface area (TPSA) is 52.7 Å². The summed E-state index contributed by atoms with van der Waals surface area (Å²) >= 11 is 0. The van der Waals surface area contributed by atoms with Crippen molar-refractivity contribution in [2.24, 2.45) is 0 Å². The van der Waals surface area contributed by atoms with Crippen molar-refractivity contribution in [1.82, 2.24) is 4.90 Å². The van der Waals surface area contributed by atoms with Crippen LogP contribution in [-0.4, -0.2) is 36.3 Å². The lowest BCUT2D eigenvalue weighted by Gasteiger charge is -2.33. The largest absolute Gasteiger partial charge is 0.366 e. The van der Waals surface area contributed by atoms with Gasteiger partial charge in [0.2, 0.25) is 0 Å². The Hall–Kier alpha value is -3.60. The Balaban J connectivity index is 1.45. The van der Waals surface area contributed by atoms with Gasteiger partial charge < -0.3 is 15.1 Å². The molecule has 168 valence electrons. The Morgan fingerprint density at radius 2 is 1.58 bits per heavy atom. The molecule has 0 atom stereocenters. The minimum absolute atomic E-state index is 0.0489. The summed E-state index contributed by atoms with van der Waals surface area (Å²) in [7, 11) is 0. The van der Waals surface area contributed by atoms with Crippen LogP contribution in [0.3, 0.4) is 0 Å². The van der Waals surface area contributed by atoms with Crippen LogP contribution in [0.4, 0.5) is 11.4 Å². The summed E-state index contributed by atoms with van der Waals surface area (Å²) < 4.78 is 0. The highest BCUT2D eigenvalue weighted by molar-refractivity contribution is 6.06. The minimum Gasteiger partial charge on any atom is -0.366 e. The average Bonchev–Trinajstić information content (AvgIpc) is 3.39. The van der Waals surface area contributed by atoms with Crippen molar-refractivity contribution in [2.45, 2.75) is 32.7 Å². The highest BCUT2D eigenvalue weighted by Gasteiger charge is 2.26. The van der Waals surface area contributed by atoms with Crippen molar-refractivity contribution in [3.05, 3.63) is 94.5 Å². The van der Waals surface area contributed by atoms with Gasteiger partial charge in [0, 0.05) is 43.1 Å². The van der Waals surface area contributed by atoms with E-state index in [0.29, 0.717) is 16.8 Å². The first-order chi connectivity index (χ1) is 16.1. The zero-order valence-electron chi connectivity index (χ0n) is 19.0. The van der Waals surface area contributed by atoms with E-state index in [1.54, 1.807) is 0 Å². The molecule has 1 saturated heterocycles. The molecule has 0 bridgehead atoms. The summed E-state index contributed by atoms with van der Waals surface area (Å²) in [5.41, 5.74) is 6.64. The molecule has 0 unspecified atom stereocenters. The summed E-state index contributed by atoms with van der Waals surface area (Å²) in [6.45, 7) is 5.23. The van der Waals surface area contributed by atoms with E-state index in [1.165, 1.54) is 11.1 Å². The van der Waals surface area contributed by atoms with Crippen LogP contribution in [0.2, 0.25) is 0 Å². The fraction of sp³-hybridized carbons (Fsp3) is 0.286. The number of hydrogen-bond acceptors (Lipinski definition) is 3. The lowest BCUT2D eigenvalue weighted by atomic mass is 9.98. The van der Waals surface area contributed by atoms with Crippen LogP contribution >= 0.6 is 0 Å². The van der Waals surface area contributed by atoms with Crippen LogP contribution in [-0.2, 0) is 13.0 Å². The molecule has 0 saturated carbocycles. The van der Waals surface area contributed by atoms with E-state index in [1.807, 2.05) is 54.3 Å². The Labute approximate surface area is 195 Å². The fourth-order valence-corrected chi connectivity index (χ4v) is 4.76. The second kappa shape index (κ2) is 9.10. The molecule has 5 heteroatoms. The van der Waals surface area contributed by atoms with Gasteiger partial charge in [-0.2, -0.15) is 0 Å². The number of fused-ring (bicyclic) bond motifs is 1. The van der Waals surface area contributed by atoms with Crippen molar-refractivity contribution >= 4 is 23.2 Å². The third-order valence-electron chi connectivity index (χ3n) is 6.66. The van der Waals surface area contributed by atoms with Crippen LogP contribution in [0.1, 0.15) is 50.2 Å². The van der Waals surface area contributed by atoms with Gasteiger partial charge in [-0.25, -0.2) is 0 Å². The molecule has 2 heterocycles. The third kappa shape index (κ3) is 4.49. The first-order valence-electron chi connectivity index (χ1n) is 11.7. The lowest BCUT2D eigenvalue weighted by molar-refractivity contribution is 0.0793. The van der Waals surface area contributed by atoms with Crippen LogP contribution in [0.25, 0.3) is 0 Å².